The van der Waals surface area contributed by atoms with E-state index in [0.717, 1.165) is 23.9 Å². The molecule has 8 nitrogen and oxygen atoms in total. The molecule has 2 aromatic carbocycles. The maximum atomic E-state index is 14.6. The van der Waals surface area contributed by atoms with Crippen molar-refractivity contribution in [3.63, 3.8) is 0 Å². The molecule has 3 heterocycles. The quantitative estimate of drug-likeness (QED) is 0.366. The number of rotatable bonds is 6. The molecule has 180 valence electrons. The Bertz CT molecular complexity index is 1620. The Balaban J connectivity index is 1.40. The van der Waals surface area contributed by atoms with Crippen LogP contribution in [-0.2, 0) is 11.3 Å². The van der Waals surface area contributed by atoms with Gasteiger partial charge in [0.2, 0.25) is 5.91 Å². The number of hydrogen-bond donors (Lipinski definition) is 1. The first kappa shape index (κ1) is 22.0. The molecule has 0 atom stereocenters. The molecule has 5 aromatic rings. The van der Waals surface area contributed by atoms with E-state index in [0.29, 0.717) is 34.0 Å². The van der Waals surface area contributed by atoms with Gasteiger partial charge in [-0.2, -0.15) is 0 Å². The predicted molar refractivity (Wildman–Crippen MR) is 130 cm³/mol. The minimum atomic E-state index is -0.700. The highest BCUT2D eigenvalue weighted by Crippen LogP contribution is 2.32. The number of hydrogen-bond acceptors (Lipinski definition) is 5. The van der Waals surface area contributed by atoms with Crippen LogP contribution in [-0.4, -0.2) is 35.4 Å². The number of benzene rings is 2. The second kappa shape index (κ2) is 8.63. The van der Waals surface area contributed by atoms with Crippen LogP contribution in [0.5, 0.6) is 0 Å². The molecule has 1 amide bonds. The first-order valence-electron chi connectivity index (χ1n) is 11.5. The summed E-state index contributed by atoms with van der Waals surface area (Å²) in [5.74, 6) is -0.945. The average molecular weight is 485 g/mol. The lowest BCUT2D eigenvalue weighted by atomic mass is 10.0. The number of halogens is 2. The Morgan fingerprint density at radius 1 is 1.08 bits per heavy atom. The summed E-state index contributed by atoms with van der Waals surface area (Å²) < 4.78 is 31.7. The molecule has 0 spiro atoms. The smallest absolute Gasteiger partial charge is 0.221 e. The van der Waals surface area contributed by atoms with Crippen molar-refractivity contribution < 1.29 is 13.6 Å². The van der Waals surface area contributed by atoms with Gasteiger partial charge in [-0.05, 0) is 60.7 Å². The van der Waals surface area contributed by atoms with Crippen LogP contribution in [0.2, 0.25) is 0 Å². The van der Waals surface area contributed by atoms with Crippen LogP contribution in [0.25, 0.3) is 39.2 Å². The summed E-state index contributed by atoms with van der Waals surface area (Å²) in [5.41, 5.74) is 4.50. The number of carbonyl (C=O) groups is 1. The van der Waals surface area contributed by atoms with Crippen molar-refractivity contribution >= 4 is 22.8 Å². The minimum absolute atomic E-state index is 0.207. The summed E-state index contributed by atoms with van der Waals surface area (Å²) in [5, 5.41) is 11.2. The van der Waals surface area contributed by atoms with Crippen molar-refractivity contribution in [1.29, 1.82) is 0 Å². The van der Waals surface area contributed by atoms with Crippen molar-refractivity contribution in [3.8, 4) is 28.1 Å². The molecule has 0 bridgehead atoms. The van der Waals surface area contributed by atoms with E-state index in [9.17, 15) is 13.6 Å². The summed E-state index contributed by atoms with van der Waals surface area (Å²) in [6.07, 6.45) is 7.71. The van der Waals surface area contributed by atoms with Gasteiger partial charge in [0.15, 0.2) is 5.65 Å². The maximum Gasteiger partial charge on any atom is 0.221 e. The van der Waals surface area contributed by atoms with E-state index >= 15 is 0 Å². The Morgan fingerprint density at radius 3 is 2.72 bits per heavy atom. The monoisotopic (exact) mass is 485 g/mol. The molecule has 6 rings (SSSR count). The van der Waals surface area contributed by atoms with Gasteiger partial charge in [-0.3, -0.25) is 14.0 Å². The SMILES string of the molecule is CC(=O)Nc1cc(-c2ccc(F)cc2F)cc(-n2cnc3cc(-c4cn(CC5CC5)nn4)cnc32)c1. The molecule has 10 heteroatoms. The zero-order valence-corrected chi connectivity index (χ0v) is 19.3. The van der Waals surface area contributed by atoms with Crippen molar-refractivity contribution in [1.82, 2.24) is 29.5 Å². The van der Waals surface area contributed by atoms with Gasteiger partial charge >= 0.3 is 0 Å². The Morgan fingerprint density at radius 2 is 1.94 bits per heavy atom. The maximum absolute atomic E-state index is 14.6. The number of fused-ring (bicyclic) bond motifs is 1. The fourth-order valence-electron chi connectivity index (χ4n) is 4.22. The number of amides is 1. The third kappa shape index (κ3) is 4.33. The Labute approximate surface area is 204 Å². The molecule has 0 saturated heterocycles. The van der Waals surface area contributed by atoms with E-state index in [1.165, 1.54) is 31.9 Å². The van der Waals surface area contributed by atoms with E-state index in [-0.39, 0.29) is 11.5 Å². The molecule has 1 saturated carbocycles. The number of nitrogens with one attached hydrogen (secondary N) is 1. The van der Waals surface area contributed by atoms with E-state index in [1.807, 2.05) is 16.9 Å². The fourth-order valence-corrected chi connectivity index (χ4v) is 4.22. The van der Waals surface area contributed by atoms with E-state index in [4.69, 9.17) is 0 Å². The van der Waals surface area contributed by atoms with Crippen molar-refractivity contribution in [2.75, 3.05) is 5.32 Å². The lowest BCUT2D eigenvalue weighted by Gasteiger charge is -2.12. The van der Waals surface area contributed by atoms with Gasteiger partial charge in [0.1, 0.15) is 29.2 Å². The van der Waals surface area contributed by atoms with Gasteiger partial charge in [-0.25, -0.2) is 18.7 Å². The van der Waals surface area contributed by atoms with Gasteiger partial charge in [0.05, 0.1) is 11.9 Å². The van der Waals surface area contributed by atoms with E-state index in [1.54, 1.807) is 35.3 Å². The van der Waals surface area contributed by atoms with Gasteiger partial charge in [0, 0.05) is 42.5 Å². The van der Waals surface area contributed by atoms with Crippen LogP contribution >= 0.6 is 0 Å². The highest BCUT2D eigenvalue weighted by atomic mass is 19.1. The second-order valence-electron chi connectivity index (χ2n) is 9.02. The van der Waals surface area contributed by atoms with Gasteiger partial charge in [-0.1, -0.05) is 5.21 Å². The first-order valence-corrected chi connectivity index (χ1v) is 11.5. The van der Waals surface area contributed by atoms with Crippen molar-refractivity contribution in [3.05, 3.63) is 72.8 Å². The molecule has 1 N–H and O–H groups in total. The number of nitrogens with zero attached hydrogens (tertiary/aromatic N) is 6. The second-order valence-corrected chi connectivity index (χ2v) is 9.02. The van der Waals surface area contributed by atoms with E-state index < -0.39 is 11.6 Å². The first-order chi connectivity index (χ1) is 17.4. The van der Waals surface area contributed by atoms with Gasteiger partial charge < -0.3 is 5.32 Å². The van der Waals surface area contributed by atoms with Crippen molar-refractivity contribution in [2.24, 2.45) is 5.92 Å². The third-order valence-electron chi connectivity index (χ3n) is 6.12. The number of aromatic nitrogens is 6. The summed E-state index contributed by atoms with van der Waals surface area (Å²) in [6.45, 7) is 2.26. The van der Waals surface area contributed by atoms with Crippen molar-refractivity contribution in [2.45, 2.75) is 26.3 Å². The molecule has 3 aromatic heterocycles. The number of imidazole rings is 1. The standard InChI is InChI=1S/C26H21F2N7O/c1-15(36)31-20-6-17(22-5-4-19(27)9-23(22)28)7-21(10-20)35-14-30-24-8-18(11-29-26(24)35)25-13-34(33-32-25)12-16-2-3-16/h4-11,13-14,16H,2-3,12H2,1H3,(H,31,36). The largest absolute Gasteiger partial charge is 0.326 e. The normalized spacial score (nSPS) is 13.3. The molecule has 1 aliphatic carbocycles. The highest BCUT2D eigenvalue weighted by Gasteiger charge is 2.22. The van der Waals surface area contributed by atoms with Crippen LogP contribution in [0.3, 0.4) is 0 Å². The van der Waals surface area contributed by atoms with Crippen LogP contribution in [0.4, 0.5) is 14.5 Å². The third-order valence-corrected chi connectivity index (χ3v) is 6.12. The van der Waals surface area contributed by atoms with Gasteiger partial charge in [0.25, 0.3) is 0 Å². The predicted octanol–water partition coefficient (Wildman–Crippen LogP) is 4.99. The van der Waals surface area contributed by atoms with Crippen LogP contribution in [0, 0.1) is 17.6 Å². The molecular formula is C26H21F2N7O. The zero-order valence-electron chi connectivity index (χ0n) is 19.3. The summed E-state index contributed by atoms with van der Waals surface area (Å²) in [6, 6.07) is 10.4. The topological polar surface area (TPSA) is 90.5 Å². The molecule has 0 aliphatic heterocycles. The Kier molecular flexibility index (Phi) is 5.28. The number of carbonyl (C=O) groups excluding carboxylic acids is 1. The van der Waals surface area contributed by atoms with Crippen LogP contribution in [0.15, 0.2) is 61.2 Å². The number of pyridine rings is 1. The molecule has 0 unspecified atom stereocenters. The molecular weight excluding hydrogens is 464 g/mol. The lowest BCUT2D eigenvalue weighted by molar-refractivity contribution is -0.114. The highest BCUT2D eigenvalue weighted by molar-refractivity contribution is 5.90. The van der Waals surface area contributed by atoms with E-state index in [2.05, 4.69) is 25.6 Å². The minimum Gasteiger partial charge on any atom is -0.326 e. The average Bonchev–Trinajstić information content (AvgIpc) is 3.35. The summed E-state index contributed by atoms with van der Waals surface area (Å²) >= 11 is 0. The zero-order chi connectivity index (χ0) is 24.8. The lowest BCUT2D eigenvalue weighted by Crippen LogP contribution is -2.07. The molecule has 0 radical (unpaired) electrons. The van der Waals surface area contributed by atoms with Crippen LogP contribution < -0.4 is 5.32 Å². The summed E-state index contributed by atoms with van der Waals surface area (Å²) in [7, 11) is 0. The number of anilines is 1. The molecule has 1 fully saturated rings. The van der Waals surface area contributed by atoms with Gasteiger partial charge in [-0.15, -0.1) is 5.10 Å². The fraction of sp³-hybridized carbons (Fsp3) is 0.192. The Hall–Kier alpha value is -4.47. The summed E-state index contributed by atoms with van der Waals surface area (Å²) in [4.78, 5) is 20.9. The van der Waals surface area contributed by atoms with Crippen LogP contribution in [0.1, 0.15) is 19.8 Å². The molecule has 36 heavy (non-hydrogen) atoms. The molecule has 1 aliphatic rings.